The minimum atomic E-state index is 0.547. The number of hydrogen-bond donors (Lipinski definition) is 1. The number of allylic oxidation sites excluding steroid dienone is 2. The number of aliphatic hydroxyl groups excluding tert-OH is 1. The first-order chi connectivity index (χ1) is 5.86. The molecule has 0 atom stereocenters. The summed E-state index contributed by atoms with van der Waals surface area (Å²) in [5.74, 6) is 0.547. The SMILES string of the molecule is OC1=C(Cn2ccnn2)CCC1. The lowest BCUT2D eigenvalue weighted by Crippen LogP contribution is -2.01. The first-order valence-electron chi connectivity index (χ1n) is 4.10. The highest BCUT2D eigenvalue weighted by Crippen LogP contribution is 2.24. The van der Waals surface area contributed by atoms with Gasteiger partial charge in [0.15, 0.2) is 0 Å². The summed E-state index contributed by atoms with van der Waals surface area (Å²) in [6.45, 7) is 0.686. The Balaban J connectivity index is 2.08. The van der Waals surface area contributed by atoms with Crippen molar-refractivity contribution in [3.05, 3.63) is 23.7 Å². The fourth-order valence-corrected chi connectivity index (χ4v) is 1.47. The Hall–Kier alpha value is -1.32. The topological polar surface area (TPSA) is 50.9 Å². The number of aliphatic hydroxyl groups is 1. The average Bonchev–Trinajstić information content (AvgIpc) is 2.65. The molecule has 0 aromatic carbocycles. The summed E-state index contributed by atoms with van der Waals surface area (Å²) >= 11 is 0. The Morgan fingerprint density at radius 2 is 2.42 bits per heavy atom. The molecular weight excluding hydrogens is 154 g/mol. The smallest absolute Gasteiger partial charge is 0.0933 e. The molecule has 1 aromatic rings. The van der Waals surface area contributed by atoms with Crippen LogP contribution in [0.15, 0.2) is 23.7 Å². The van der Waals surface area contributed by atoms with E-state index in [4.69, 9.17) is 0 Å². The standard InChI is InChI=1S/C8H11N3O/c12-8-3-1-2-7(8)6-11-5-4-9-10-11/h4-5,12H,1-3,6H2. The molecule has 4 nitrogen and oxygen atoms in total. The second-order valence-electron chi connectivity index (χ2n) is 3.00. The fraction of sp³-hybridized carbons (Fsp3) is 0.500. The molecule has 12 heavy (non-hydrogen) atoms. The minimum absolute atomic E-state index is 0.547. The van der Waals surface area contributed by atoms with Crippen LogP contribution in [0.25, 0.3) is 0 Å². The second-order valence-corrected chi connectivity index (χ2v) is 3.00. The van der Waals surface area contributed by atoms with Crippen molar-refractivity contribution >= 4 is 0 Å². The van der Waals surface area contributed by atoms with Crippen LogP contribution in [0.4, 0.5) is 0 Å². The largest absolute Gasteiger partial charge is 0.512 e. The van der Waals surface area contributed by atoms with Gasteiger partial charge in [-0.1, -0.05) is 5.21 Å². The Morgan fingerprint density at radius 3 is 3.00 bits per heavy atom. The van der Waals surface area contributed by atoms with Crippen LogP contribution < -0.4 is 0 Å². The van der Waals surface area contributed by atoms with E-state index in [0.717, 1.165) is 24.8 Å². The molecule has 1 aromatic heterocycles. The van der Waals surface area contributed by atoms with Crippen molar-refractivity contribution in [1.82, 2.24) is 15.0 Å². The van der Waals surface area contributed by atoms with Gasteiger partial charge in [-0.2, -0.15) is 0 Å². The lowest BCUT2D eigenvalue weighted by atomic mass is 10.2. The molecule has 0 bridgehead atoms. The van der Waals surface area contributed by atoms with Crippen molar-refractivity contribution in [2.45, 2.75) is 25.8 Å². The van der Waals surface area contributed by atoms with Crippen molar-refractivity contribution in [3.63, 3.8) is 0 Å². The summed E-state index contributed by atoms with van der Waals surface area (Å²) in [6, 6.07) is 0. The Labute approximate surface area is 70.5 Å². The molecule has 0 aliphatic heterocycles. The lowest BCUT2D eigenvalue weighted by molar-refractivity contribution is 0.389. The molecular formula is C8H11N3O. The summed E-state index contributed by atoms with van der Waals surface area (Å²) < 4.78 is 1.73. The third-order valence-electron chi connectivity index (χ3n) is 2.13. The van der Waals surface area contributed by atoms with Crippen LogP contribution in [0.1, 0.15) is 19.3 Å². The molecule has 0 radical (unpaired) electrons. The van der Waals surface area contributed by atoms with Crippen molar-refractivity contribution in [1.29, 1.82) is 0 Å². The normalized spacial score (nSPS) is 17.3. The highest BCUT2D eigenvalue weighted by molar-refractivity contribution is 5.12. The van der Waals surface area contributed by atoms with E-state index in [1.54, 1.807) is 17.1 Å². The molecule has 0 saturated carbocycles. The van der Waals surface area contributed by atoms with Gasteiger partial charge in [0.2, 0.25) is 0 Å². The Kier molecular flexibility index (Phi) is 1.81. The zero-order chi connectivity index (χ0) is 8.39. The predicted octanol–water partition coefficient (Wildman–Crippen LogP) is 1.27. The van der Waals surface area contributed by atoms with E-state index in [0.29, 0.717) is 12.3 Å². The summed E-state index contributed by atoms with van der Waals surface area (Å²) in [4.78, 5) is 0. The highest BCUT2D eigenvalue weighted by atomic mass is 16.3. The maximum absolute atomic E-state index is 9.41. The van der Waals surface area contributed by atoms with E-state index in [2.05, 4.69) is 10.3 Å². The van der Waals surface area contributed by atoms with Gasteiger partial charge in [-0.25, -0.2) is 4.68 Å². The van der Waals surface area contributed by atoms with Gasteiger partial charge in [0, 0.05) is 12.6 Å². The molecule has 4 heteroatoms. The minimum Gasteiger partial charge on any atom is -0.512 e. The average molecular weight is 165 g/mol. The van der Waals surface area contributed by atoms with E-state index >= 15 is 0 Å². The van der Waals surface area contributed by atoms with Crippen molar-refractivity contribution < 1.29 is 5.11 Å². The van der Waals surface area contributed by atoms with Crippen molar-refractivity contribution in [3.8, 4) is 0 Å². The summed E-state index contributed by atoms with van der Waals surface area (Å²) in [5.41, 5.74) is 1.10. The molecule has 0 saturated heterocycles. The molecule has 64 valence electrons. The van der Waals surface area contributed by atoms with Gasteiger partial charge in [0.1, 0.15) is 0 Å². The molecule has 2 rings (SSSR count). The maximum atomic E-state index is 9.41. The van der Waals surface area contributed by atoms with Crippen LogP contribution in [-0.4, -0.2) is 20.1 Å². The van der Waals surface area contributed by atoms with Gasteiger partial charge in [0.25, 0.3) is 0 Å². The van der Waals surface area contributed by atoms with Crippen LogP contribution in [0.5, 0.6) is 0 Å². The van der Waals surface area contributed by atoms with Crippen LogP contribution in [0, 0.1) is 0 Å². The van der Waals surface area contributed by atoms with E-state index < -0.39 is 0 Å². The van der Waals surface area contributed by atoms with Crippen molar-refractivity contribution in [2.75, 3.05) is 0 Å². The van der Waals surface area contributed by atoms with Crippen molar-refractivity contribution in [2.24, 2.45) is 0 Å². The highest BCUT2D eigenvalue weighted by Gasteiger charge is 2.13. The van der Waals surface area contributed by atoms with Gasteiger partial charge in [0.05, 0.1) is 18.5 Å². The second kappa shape index (κ2) is 2.97. The van der Waals surface area contributed by atoms with Gasteiger partial charge < -0.3 is 5.11 Å². The maximum Gasteiger partial charge on any atom is 0.0933 e. The van der Waals surface area contributed by atoms with Crippen LogP contribution in [-0.2, 0) is 6.54 Å². The molecule has 0 fully saturated rings. The first kappa shape index (κ1) is 7.34. The Bertz CT molecular complexity index is 289. The molecule has 0 spiro atoms. The summed E-state index contributed by atoms with van der Waals surface area (Å²) in [7, 11) is 0. The zero-order valence-electron chi connectivity index (χ0n) is 6.77. The molecule has 0 amide bonds. The summed E-state index contributed by atoms with van der Waals surface area (Å²) in [6.07, 6.45) is 6.33. The molecule has 1 heterocycles. The molecule has 1 aliphatic rings. The quantitative estimate of drug-likeness (QED) is 0.718. The van der Waals surface area contributed by atoms with E-state index in [1.807, 2.05) is 0 Å². The van der Waals surface area contributed by atoms with Crippen LogP contribution in [0.2, 0.25) is 0 Å². The first-order valence-corrected chi connectivity index (χ1v) is 4.10. The Morgan fingerprint density at radius 1 is 1.50 bits per heavy atom. The van der Waals surface area contributed by atoms with Gasteiger partial charge in [-0.3, -0.25) is 0 Å². The molecule has 0 unspecified atom stereocenters. The number of rotatable bonds is 2. The molecule has 1 N–H and O–H groups in total. The third-order valence-corrected chi connectivity index (χ3v) is 2.13. The third kappa shape index (κ3) is 1.32. The van der Waals surface area contributed by atoms with Gasteiger partial charge >= 0.3 is 0 Å². The van der Waals surface area contributed by atoms with E-state index in [9.17, 15) is 5.11 Å². The number of aromatic nitrogens is 3. The lowest BCUT2D eigenvalue weighted by Gasteiger charge is -2.01. The van der Waals surface area contributed by atoms with E-state index in [-0.39, 0.29) is 0 Å². The van der Waals surface area contributed by atoms with E-state index in [1.165, 1.54) is 0 Å². The predicted molar refractivity (Wildman–Crippen MR) is 43.5 cm³/mol. The van der Waals surface area contributed by atoms with Gasteiger partial charge in [-0.05, 0) is 18.4 Å². The van der Waals surface area contributed by atoms with Gasteiger partial charge in [-0.15, -0.1) is 5.10 Å². The summed E-state index contributed by atoms with van der Waals surface area (Å²) in [5, 5.41) is 16.9. The monoisotopic (exact) mass is 165 g/mol. The number of hydrogen-bond acceptors (Lipinski definition) is 3. The van der Waals surface area contributed by atoms with Crippen LogP contribution in [0.3, 0.4) is 0 Å². The fourth-order valence-electron chi connectivity index (χ4n) is 1.47. The number of nitrogens with zero attached hydrogens (tertiary/aromatic N) is 3. The molecule has 1 aliphatic carbocycles. The van der Waals surface area contributed by atoms with Crippen LogP contribution >= 0.6 is 0 Å². The zero-order valence-corrected chi connectivity index (χ0v) is 6.77.